The Morgan fingerprint density at radius 1 is 1.19 bits per heavy atom. The standard InChI is InChI=1S/C20H22BrN3O2S/c1-23-8-6-13-10-14(2-3-15(13)11-23)20(26)24-9-7-16(12-24)22-19(25)17-4-5-18(21)27-17/h2-5,10,16H,6-9,11-12H2,1H3,(H,22,25). The van der Waals surface area contributed by atoms with E-state index in [1.54, 1.807) is 0 Å². The molecule has 1 atom stereocenters. The molecular formula is C20H22BrN3O2S. The molecule has 2 aliphatic heterocycles. The number of benzene rings is 1. The molecule has 2 aromatic rings. The molecule has 0 bridgehead atoms. The average Bonchev–Trinajstić information content (AvgIpc) is 3.30. The maximum absolute atomic E-state index is 12.9. The molecule has 2 amide bonds. The van der Waals surface area contributed by atoms with E-state index >= 15 is 0 Å². The summed E-state index contributed by atoms with van der Waals surface area (Å²) in [6, 6.07) is 9.77. The second kappa shape index (κ2) is 7.73. The van der Waals surface area contributed by atoms with E-state index in [1.165, 1.54) is 22.5 Å². The molecule has 7 heteroatoms. The summed E-state index contributed by atoms with van der Waals surface area (Å²) in [5.41, 5.74) is 3.35. The van der Waals surface area contributed by atoms with Crippen LogP contribution in [0.15, 0.2) is 34.1 Å². The van der Waals surface area contributed by atoms with Crippen molar-refractivity contribution in [3.8, 4) is 0 Å². The maximum atomic E-state index is 12.9. The quantitative estimate of drug-likeness (QED) is 0.785. The molecule has 0 radical (unpaired) electrons. The van der Waals surface area contributed by atoms with Gasteiger partial charge < -0.3 is 15.1 Å². The van der Waals surface area contributed by atoms with Crippen molar-refractivity contribution in [3.05, 3.63) is 55.7 Å². The fourth-order valence-electron chi connectivity index (χ4n) is 3.77. The lowest BCUT2D eigenvalue weighted by Crippen LogP contribution is -2.38. The molecule has 5 nitrogen and oxygen atoms in total. The summed E-state index contributed by atoms with van der Waals surface area (Å²) in [7, 11) is 2.12. The molecule has 1 N–H and O–H groups in total. The van der Waals surface area contributed by atoms with Crippen molar-refractivity contribution in [2.24, 2.45) is 0 Å². The molecule has 1 unspecified atom stereocenters. The van der Waals surface area contributed by atoms with Crippen molar-refractivity contribution < 1.29 is 9.59 Å². The molecule has 2 aliphatic rings. The van der Waals surface area contributed by atoms with Gasteiger partial charge in [-0.15, -0.1) is 11.3 Å². The van der Waals surface area contributed by atoms with E-state index in [2.05, 4.69) is 45.3 Å². The molecule has 0 spiro atoms. The largest absolute Gasteiger partial charge is 0.347 e. The zero-order valence-corrected chi connectivity index (χ0v) is 17.6. The van der Waals surface area contributed by atoms with Crippen LogP contribution in [0.2, 0.25) is 0 Å². The number of nitrogens with one attached hydrogen (secondary N) is 1. The number of thiophene rings is 1. The highest BCUT2D eigenvalue weighted by molar-refractivity contribution is 9.11. The van der Waals surface area contributed by atoms with Crippen LogP contribution in [0.5, 0.6) is 0 Å². The van der Waals surface area contributed by atoms with E-state index < -0.39 is 0 Å². The number of likely N-dealkylation sites (tertiary alicyclic amines) is 1. The fourth-order valence-corrected chi connectivity index (χ4v) is 5.05. The Bertz CT molecular complexity index is 882. The lowest BCUT2D eigenvalue weighted by Gasteiger charge is -2.25. The van der Waals surface area contributed by atoms with E-state index in [9.17, 15) is 9.59 Å². The van der Waals surface area contributed by atoms with Gasteiger partial charge in [-0.2, -0.15) is 0 Å². The second-order valence-corrected chi connectivity index (χ2v) is 9.75. The van der Waals surface area contributed by atoms with E-state index in [0.717, 1.165) is 35.3 Å². The number of halogens is 1. The van der Waals surface area contributed by atoms with E-state index in [1.807, 2.05) is 23.1 Å². The lowest BCUT2D eigenvalue weighted by molar-refractivity contribution is 0.0783. The molecule has 27 heavy (non-hydrogen) atoms. The molecule has 1 aromatic heterocycles. The third-order valence-electron chi connectivity index (χ3n) is 5.26. The highest BCUT2D eigenvalue weighted by Crippen LogP contribution is 2.23. The van der Waals surface area contributed by atoms with Gasteiger partial charge in [0.25, 0.3) is 11.8 Å². The Balaban J connectivity index is 1.38. The Morgan fingerprint density at radius 3 is 2.81 bits per heavy atom. The van der Waals surface area contributed by atoms with Crippen LogP contribution < -0.4 is 5.32 Å². The molecule has 1 saturated heterocycles. The van der Waals surface area contributed by atoms with E-state index in [-0.39, 0.29) is 17.9 Å². The minimum absolute atomic E-state index is 0.00797. The van der Waals surface area contributed by atoms with Gasteiger partial charge in [0.05, 0.1) is 8.66 Å². The number of fused-ring (bicyclic) bond motifs is 1. The van der Waals surface area contributed by atoms with Crippen LogP contribution in [0, 0.1) is 0 Å². The fraction of sp³-hybridized carbons (Fsp3) is 0.400. The predicted molar refractivity (Wildman–Crippen MR) is 110 cm³/mol. The van der Waals surface area contributed by atoms with Gasteiger partial charge in [0.1, 0.15) is 0 Å². The molecule has 142 valence electrons. The summed E-state index contributed by atoms with van der Waals surface area (Å²) in [6.45, 7) is 3.22. The van der Waals surface area contributed by atoms with Gasteiger partial charge in [0, 0.05) is 37.8 Å². The number of amides is 2. The Kier molecular flexibility index (Phi) is 5.34. The second-order valence-electron chi connectivity index (χ2n) is 7.29. The van der Waals surface area contributed by atoms with Gasteiger partial charge in [-0.05, 0) is 71.2 Å². The monoisotopic (exact) mass is 447 g/mol. The first-order valence-corrected chi connectivity index (χ1v) is 10.8. The Morgan fingerprint density at radius 2 is 2.04 bits per heavy atom. The van der Waals surface area contributed by atoms with E-state index in [4.69, 9.17) is 0 Å². The van der Waals surface area contributed by atoms with Gasteiger partial charge in [-0.1, -0.05) is 6.07 Å². The topological polar surface area (TPSA) is 52.7 Å². The molecule has 4 rings (SSSR count). The first-order chi connectivity index (χ1) is 13.0. The molecular weight excluding hydrogens is 426 g/mol. The van der Waals surface area contributed by atoms with Crippen molar-refractivity contribution in [2.75, 3.05) is 26.7 Å². The smallest absolute Gasteiger partial charge is 0.261 e. The number of likely N-dealkylation sites (N-methyl/N-ethyl adjacent to an activating group) is 1. The average molecular weight is 448 g/mol. The van der Waals surface area contributed by atoms with Crippen molar-refractivity contribution in [3.63, 3.8) is 0 Å². The minimum atomic E-state index is -0.0668. The minimum Gasteiger partial charge on any atom is -0.347 e. The molecule has 0 saturated carbocycles. The van der Waals surface area contributed by atoms with Gasteiger partial charge in [0.15, 0.2) is 0 Å². The SMILES string of the molecule is CN1CCc2cc(C(=O)N3CCC(NC(=O)c4ccc(Br)s4)C3)ccc2C1. The van der Waals surface area contributed by atoms with Gasteiger partial charge >= 0.3 is 0 Å². The summed E-state index contributed by atoms with van der Waals surface area (Å²) in [6.07, 6.45) is 1.78. The van der Waals surface area contributed by atoms with Crippen LogP contribution in [-0.4, -0.2) is 54.3 Å². The van der Waals surface area contributed by atoms with Crippen LogP contribution >= 0.6 is 27.3 Å². The Hall–Kier alpha value is -1.70. The Labute approximate surface area is 171 Å². The lowest BCUT2D eigenvalue weighted by atomic mass is 9.97. The first-order valence-electron chi connectivity index (χ1n) is 9.15. The molecule has 1 fully saturated rings. The van der Waals surface area contributed by atoms with Crippen molar-refractivity contribution in [1.82, 2.24) is 15.1 Å². The van der Waals surface area contributed by atoms with Crippen molar-refractivity contribution in [2.45, 2.75) is 25.4 Å². The highest BCUT2D eigenvalue weighted by atomic mass is 79.9. The molecule has 1 aromatic carbocycles. The maximum Gasteiger partial charge on any atom is 0.261 e. The molecule has 3 heterocycles. The number of carbonyl (C=O) groups excluding carboxylic acids is 2. The third-order valence-corrected chi connectivity index (χ3v) is 6.89. The van der Waals surface area contributed by atoms with Crippen LogP contribution in [0.4, 0.5) is 0 Å². The molecule has 0 aliphatic carbocycles. The van der Waals surface area contributed by atoms with Crippen LogP contribution in [0.1, 0.15) is 37.6 Å². The summed E-state index contributed by atoms with van der Waals surface area (Å²) in [4.78, 5) is 30.1. The van der Waals surface area contributed by atoms with Crippen molar-refractivity contribution >= 4 is 39.1 Å². The van der Waals surface area contributed by atoms with Crippen LogP contribution in [0.25, 0.3) is 0 Å². The number of nitrogens with zero attached hydrogens (tertiary/aromatic N) is 2. The first kappa shape index (κ1) is 18.7. The summed E-state index contributed by atoms with van der Waals surface area (Å²) in [5.74, 6) is -0.00440. The van der Waals surface area contributed by atoms with Crippen LogP contribution in [0.3, 0.4) is 0 Å². The summed E-state index contributed by atoms with van der Waals surface area (Å²) in [5, 5.41) is 3.05. The van der Waals surface area contributed by atoms with Crippen molar-refractivity contribution in [1.29, 1.82) is 0 Å². The third kappa shape index (κ3) is 4.10. The summed E-state index contributed by atoms with van der Waals surface area (Å²) < 4.78 is 0.939. The van der Waals surface area contributed by atoms with Gasteiger partial charge in [0.2, 0.25) is 0 Å². The normalized spacial score (nSPS) is 19.8. The number of rotatable bonds is 3. The number of hydrogen-bond donors (Lipinski definition) is 1. The number of hydrogen-bond acceptors (Lipinski definition) is 4. The van der Waals surface area contributed by atoms with Gasteiger partial charge in [-0.25, -0.2) is 0 Å². The van der Waals surface area contributed by atoms with Gasteiger partial charge in [-0.3, -0.25) is 9.59 Å². The highest BCUT2D eigenvalue weighted by Gasteiger charge is 2.29. The van der Waals surface area contributed by atoms with Crippen LogP contribution in [-0.2, 0) is 13.0 Å². The van der Waals surface area contributed by atoms with E-state index in [0.29, 0.717) is 18.0 Å². The predicted octanol–water partition coefficient (Wildman–Crippen LogP) is 3.14. The zero-order valence-electron chi connectivity index (χ0n) is 15.2. The number of carbonyl (C=O) groups is 2. The zero-order chi connectivity index (χ0) is 19.0. The summed E-state index contributed by atoms with van der Waals surface area (Å²) >= 11 is 4.80.